The van der Waals surface area contributed by atoms with Crippen molar-refractivity contribution >= 4 is 5.97 Å². The van der Waals surface area contributed by atoms with E-state index in [2.05, 4.69) is 9.97 Å². The first kappa shape index (κ1) is 12.0. The number of ether oxygens (including phenoxy) is 1. The maximum Gasteiger partial charge on any atom is 0.335 e. The molecule has 1 heterocycles. The lowest BCUT2D eigenvalue weighted by Crippen LogP contribution is -2.01. The third-order valence-corrected chi connectivity index (χ3v) is 2.17. The van der Waals surface area contributed by atoms with Crippen LogP contribution in [0.1, 0.15) is 15.9 Å². The number of rotatable bonds is 4. The molecule has 0 aliphatic rings. The molecule has 1 aromatic carbocycles. The number of carboxylic acid groups (broad SMARTS) is 1. The molecule has 1 N–H and O–H groups in total. The molecule has 2 aromatic rings. The molecule has 0 atom stereocenters. The Balaban J connectivity index is 1.97. The maximum absolute atomic E-state index is 12.5. The van der Waals surface area contributed by atoms with E-state index in [-0.39, 0.29) is 18.2 Å². The zero-order chi connectivity index (χ0) is 13.0. The highest BCUT2D eigenvalue weighted by atomic mass is 19.1. The Kier molecular flexibility index (Phi) is 3.47. The second-order valence-corrected chi connectivity index (χ2v) is 3.47. The van der Waals surface area contributed by atoms with Gasteiger partial charge in [0.15, 0.2) is 5.82 Å². The quantitative estimate of drug-likeness (QED) is 0.894. The van der Waals surface area contributed by atoms with Crippen LogP contribution in [0, 0.1) is 5.82 Å². The van der Waals surface area contributed by atoms with Crippen molar-refractivity contribution in [2.45, 2.75) is 6.61 Å². The van der Waals surface area contributed by atoms with E-state index in [0.717, 1.165) is 18.0 Å². The number of aromatic nitrogens is 2. The van der Waals surface area contributed by atoms with Gasteiger partial charge < -0.3 is 9.84 Å². The SMILES string of the molecule is O=C(O)c1ccc(COc2ncc(F)cn2)cc1. The van der Waals surface area contributed by atoms with Crippen molar-refractivity contribution in [3.05, 3.63) is 53.6 Å². The molecular formula is C12H9FN2O3. The van der Waals surface area contributed by atoms with Gasteiger partial charge in [0.25, 0.3) is 0 Å². The van der Waals surface area contributed by atoms with E-state index < -0.39 is 11.8 Å². The minimum atomic E-state index is -0.982. The van der Waals surface area contributed by atoms with Crippen LogP contribution in [0.3, 0.4) is 0 Å². The summed E-state index contributed by atoms with van der Waals surface area (Å²) in [6, 6.07) is 6.29. The Bertz CT molecular complexity index is 540. The predicted molar refractivity (Wildman–Crippen MR) is 59.7 cm³/mol. The molecule has 0 saturated carbocycles. The molecule has 6 heteroatoms. The Morgan fingerprint density at radius 1 is 1.22 bits per heavy atom. The van der Waals surface area contributed by atoms with Crippen LogP contribution in [0.25, 0.3) is 0 Å². The Morgan fingerprint density at radius 2 is 1.83 bits per heavy atom. The minimum Gasteiger partial charge on any atom is -0.478 e. The second-order valence-electron chi connectivity index (χ2n) is 3.47. The predicted octanol–water partition coefficient (Wildman–Crippen LogP) is 1.89. The largest absolute Gasteiger partial charge is 0.478 e. The van der Waals surface area contributed by atoms with Crippen molar-refractivity contribution in [3.63, 3.8) is 0 Å². The van der Waals surface area contributed by atoms with Gasteiger partial charge in [0, 0.05) is 0 Å². The van der Waals surface area contributed by atoms with Crippen LogP contribution in [0.15, 0.2) is 36.7 Å². The summed E-state index contributed by atoms with van der Waals surface area (Å²) in [6.45, 7) is 0.186. The Labute approximate surface area is 102 Å². The first-order valence-electron chi connectivity index (χ1n) is 5.08. The fraction of sp³-hybridized carbons (Fsp3) is 0.0833. The molecule has 5 nitrogen and oxygen atoms in total. The number of nitrogens with zero attached hydrogens (tertiary/aromatic N) is 2. The van der Waals surface area contributed by atoms with Gasteiger partial charge in [-0.2, -0.15) is 0 Å². The van der Waals surface area contributed by atoms with Crippen LogP contribution < -0.4 is 4.74 Å². The number of benzene rings is 1. The number of carboxylic acids is 1. The molecule has 18 heavy (non-hydrogen) atoms. The first-order chi connectivity index (χ1) is 8.65. The van der Waals surface area contributed by atoms with Crippen LogP contribution >= 0.6 is 0 Å². The summed E-state index contributed by atoms with van der Waals surface area (Å²) in [7, 11) is 0. The van der Waals surface area contributed by atoms with E-state index in [1.54, 1.807) is 12.1 Å². The fourth-order valence-corrected chi connectivity index (χ4v) is 1.27. The van der Waals surface area contributed by atoms with E-state index in [0.29, 0.717) is 0 Å². The fourth-order valence-electron chi connectivity index (χ4n) is 1.27. The van der Waals surface area contributed by atoms with Crippen molar-refractivity contribution in [2.75, 3.05) is 0 Å². The van der Waals surface area contributed by atoms with E-state index in [1.807, 2.05) is 0 Å². The van der Waals surface area contributed by atoms with E-state index in [1.165, 1.54) is 12.1 Å². The lowest BCUT2D eigenvalue weighted by atomic mass is 10.1. The summed E-state index contributed by atoms with van der Waals surface area (Å²) >= 11 is 0. The smallest absolute Gasteiger partial charge is 0.335 e. The molecule has 0 amide bonds. The van der Waals surface area contributed by atoms with Crippen LogP contribution in [-0.4, -0.2) is 21.0 Å². The third kappa shape index (κ3) is 3.00. The molecule has 92 valence electrons. The van der Waals surface area contributed by atoms with Gasteiger partial charge in [-0.1, -0.05) is 12.1 Å². The number of hydrogen-bond acceptors (Lipinski definition) is 4. The van der Waals surface area contributed by atoms with Crippen LogP contribution in [0.5, 0.6) is 6.01 Å². The van der Waals surface area contributed by atoms with Gasteiger partial charge in [-0.25, -0.2) is 19.2 Å². The molecule has 0 radical (unpaired) electrons. The summed E-state index contributed by atoms with van der Waals surface area (Å²) in [6.07, 6.45) is 2.02. The summed E-state index contributed by atoms with van der Waals surface area (Å²) in [5.41, 5.74) is 0.977. The highest BCUT2D eigenvalue weighted by molar-refractivity contribution is 5.87. The van der Waals surface area contributed by atoms with Crippen LogP contribution in [-0.2, 0) is 6.61 Å². The van der Waals surface area contributed by atoms with E-state index in [9.17, 15) is 9.18 Å². The molecule has 2 rings (SSSR count). The lowest BCUT2D eigenvalue weighted by molar-refractivity contribution is 0.0697. The summed E-state index contributed by atoms with van der Waals surface area (Å²) in [5.74, 6) is -1.52. The van der Waals surface area contributed by atoms with Gasteiger partial charge in [-0.3, -0.25) is 0 Å². The highest BCUT2D eigenvalue weighted by Gasteiger charge is 2.03. The molecule has 1 aromatic heterocycles. The Hall–Kier alpha value is -2.50. The molecule has 0 fully saturated rings. The number of carbonyl (C=O) groups is 1. The summed E-state index contributed by atoms with van der Waals surface area (Å²) < 4.78 is 17.7. The topological polar surface area (TPSA) is 72.3 Å². The van der Waals surface area contributed by atoms with Crippen molar-refractivity contribution in [2.24, 2.45) is 0 Å². The van der Waals surface area contributed by atoms with Gasteiger partial charge in [-0.15, -0.1) is 0 Å². The standard InChI is InChI=1S/C12H9FN2O3/c13-10-5-14-12(15-6-10)18-7-8-1-3-9(4-2-8)11(16)17/h1-6H,7H2,(H,16,17). The van der Waals surface area contributed by atoms with Crippen LogP contribution in [0.2, 0.25) is 0 Å². The average Bonchev–Trinajstić information content (AvgIpc) is 2.38. The highest BCUT2D eigenvalue weighted by Crippen LogP contribution is 2.08. The zero-order valence-corrected chi connectivity index (χ0v) is 9.21. The molecule has 0 saturated heterocycles. The van der Waals surface area contributed by atoms with Crippen LogP contribution in [0.4, 0.5) is 4.39 Å². The maximum atomic E-state index is 12.5. The van der Waals surface area contributed by atoms with Gasteiger partial charge in [0.2, 0.25) is 0 Å². The normalized spacial score (nSPS) is 10.1. The van der Waals surface area contributed by atoms with Gasteiger partial charge in [0.1, 0.15) is 6.61 Å². The minimum absolute atomic E-state index is 0.0683. The zero-order valence-electron chi connectivity index (χ0n) is 9.21. The molecule has 0 bridgehead atoms. The molecule has 0 spiro atoms. The molecular weight excluding hydrogens is 239 g/mol. The molecule has 0 aliphatic carbocycles. The molecule has 0 unspecified atom stereocenters. The van der Waals surface area contributed by atoms with Gasteiger partial charge >= 0.3 is 12.0 Å². The monoisotopic (exact) mass is 248 g/mol. The Morgan fingerprint density at radius 3 is 2.39 bits per heavy atom. The average molecular weight is 248 g/mol. The number of hydrogen-bond donors (Lipinski definition) is 1. The van der Waals surface area contributed by atoms with E-state index >= 15 is 0 Å². The van der Waals surface area contributed by atoms with Crippen molar-refractivity contribution in [1.82, 2.24) is 9.97 Å². The first-order valence-corrected chi connectivity index (χ1v) is 5.08. The second kappa shape index (κ2) is 5.22. The summed E-state index contributed by atoms with van der Waals surface area (Å²) in [5, 5.41) is 8.72. The number of aromatic carboxylic acids is 1. The van der Waals surface area contributed by atoms with Gasteiger partial charge in [-0.05, 0) is 17.7 Å². The lowest BCUT2D eigenvalue weighted by Gasteiger charge is -2.04. The number of halogens is 1. The summed E-state index contributed by atoms with van der Waals surface area (Å²) in [4.78, 5) is 17.9. The van der Waals surface area contributed by atoms with Gasteiger partial charge in [0.05, 0.1) is 18.0 Å². The molecule has 0 aliphatic heterocycles. The van der Waals surface area contributed by atoms with Crippen molar-refractivity contribution < 1.29 is 19.0 Å². The third-order valence-electron chi connectivity index (χ3n) is 2.17. The van der Waals surface area contributed by atoms with Crippen molar-refractivity contribution in [1.29, 1.82) is 0 Å². The van der Waals surface area contributed by atoms with E-state index in [4.69, 9.17) is 9.84 Å². The van der Waals surface area contributed by atoms with Crippen molar-refractivity contribution in [3.8, 4) is 6.01 Å².